The fourth-order valence-electron chi connectivity index (χ4n) is 3.60. The van der Waals surface area contributed by atoms with Crippen molar-refractivity contribution in [3.63, 3.8) is 0 Å². The largest absolute Gasteiger partial charge is 0.377 e. The molecule has 184 valence electrons. The van der Waals surface area contributed by atoms with Crippen LogP contribution in [-0.2, 0) is 6.54 Å². The highest BCUT2D eigenvalue weighted by Crippen LogP contribution is 2.26. The van der Waals surface area contributed by atoms with E-state index in [2.05, 4.69) is 10.6 Å². The minimum Gasteiger partial charge on any atom is -0.377 e. The summed E-state index contributed by atoms with van der Waals surface area (Å²) in [6.45, 7) is 2.68. The van der Waals surface area contributed by atoms with Crippen molar-refractivity contribution in [2.75, 3.05) is 36.2 Å². The van der Waals surface area contributed by atoms with Gasteiger partial charge in [-0.15, -0.1) is 0 Å². The smallest absolute Gasteiger partial charge is 0.323 e. The van der Waals surface area contributed by atoms with Crippen LogP contribution in [0.25, 0.3) is 0 Å². The molecule has 2 N–H and O–H groups in total. The van der Waals surface area contributed by atoms with E-state index < -0.39 is 23.5 Å². The van der Waals surface area contributed by atoms with Crippen molar-refractivity contribution in [3.8, 4) is 0 Å². The topological polar surface area (TPSA) is 64.7 Å². The second kappa shape index (κ2) is 11.4. The Morgan fingerprint density at radius 1 is 0.857 bits per heavy atom. The number of hydrogen-bond acceptors (Lipinski definition) is 3. The zero-order valence-electron chi connectivity index (χ0n) is 19.7. The molecule has 0 spiro atoms. The van der Waals surface area contributed by atoms with Crippen LogP contribution in [-0.4, -0.2) is 37.5 Å². The van der Waals surface area contributed by atoms with E-state index in [1.165, 1.54) is 24.3 Å². The number of nitrogens with zero attached hydrogens (tertiary/aromatic N) is 2. The van der Waals surface area contributed by atoms with Crippen molar-refractivity contribution < 1.29 is 22.8 Å². The first kappa shape index (κ1) is 25.6. The third-order valence-corrected chi connectivity index (χ3v) is 5.23. The normalized spacial score (nSPS) is 10.6. The van der Waals surface area contributed by atoms with E-state index in [4.69, 9.17) is 0 Å². The molecule has 0 unspecified atom stereocenters. The summed E-state index contributed by atoms with van der Waals surface area (Å²) >= 11 is 0. The molecule has 0 atom stereocenters. The second-order valence-electron chi connectivity index (χ2n) is 8.17. The van der Waals surface area contributed by atoms with Gasteiger partial charge in [-0.3, -0.25) is 4.79 Å². The number of amides is 3. The lowest BCUT2D eigenvalue weighted by molar-refractivity contribution is 0.0743. The predicted octanol–water partition coefficient (Wildman–Crippen LogP) is 5.87. The summed E-state index contributed by atoms with van der Waals surface area (Å²) in [4.78, 5) is 29.1. The minimum atomic E-state index is -0.890. The number of benzene rings is 3. The minimum absolute atomic E-state index is 0.159. The highest BCUT2D eigenvalue weighted by Gasteiger charge is 2.18. The third-order valence-electron chi connectivity index (χ3n) is 5.23. The number of carbonyl (C=O) groups is 2. The molecule has 0 radical (unpaired) electrons. The molecule has 3 aromatic carbocycles. The first-order valence-electron chi connectivity index (χ1n) is 11.1. The fraction of sp³-hybridized carbons (Fsp3) is 0.231. The number of hydrogen-bond donors (Lipinski definition) is 2. The molecule has 0 aliphatic rings. The van der Waals surface area contributed by atoms with E-state index in [0.29, 0.717) is 30.3 Å². The molecule has 0 bridgehead atoms. The molecule has 6 nitrogen and oxygen atoms in total. The molecule has 0 aliphatic carbocycles. The predicted molar refractivity (Wildman–Crippen MR) is 131 cm³/mol. The maximum atomic E-state index is 13.9. The molecule has 0 saturated carbocycles. The van der Waals surface area contributed by atoms with Gasteiger partial charge in [-0.2, -0.15) is 0 Å². The van der Waals surface area contributed by atoms with Gasteiger partial charge in [0, 0.05) is 50.2 Å². The van der Waals surface area contributed by atoms with Crippen molar-refractivity contribution in [1.82, 2.24) is 4.90 Å². The van der Waals surface area contributed by atoms with E-state index in [-0.39, 0.29) is 18.1 Å². The van der Waals surface area contributed by atoms with Gasteiger partial charge in [0.25, 0.3) is 5.91 Å². The Balaban J connectivity index is 1.82. The first-order valence-corrected chi connectivity index (χ1v) is 11.1. The average molecular weight is 485 g/mol. The Hall–Kier alpha value is -4.01. The second-order valence-corrected chi connectivity index (χ2v) is 8.17. The Labute approximate surface area is 202 Å². The lowest BCUT2D eigenvalue weighted by Gasteiger charge is -2.26. The highest BCUT2D eigenvalue weighted by molar-refractivity contribution is 6.00. The van der Waals surface area contributed by atoms with Gasteiger partial charge in [-0.1, -0.05) is 6.92 Å². The van der Waals surface area contributed by atoms with Crippen LogP contribution in [0.4, 0.5) is 35.0 Å². The Bertz CT molecular complexity index is 1200. The van der Waals surface area contributed by atoms with Crippen LogP contribution < -0.4 is 15.5 Å². The zero-order valence-corrected chi connectivity index (χ0v) is 19.7. The van der Waals surface area contributed by atoms with Crippen molar-refractivity contribution >= 4 is 29.0 Å². The molecule has 0 aliphatic heterocycles. The summed E-state index contributed by atoms with van der Waals surface area (Å²) in [5.41, 5.74) is 2.25. The van der Waals surface area contributed by atoms with Crippen molar-refractivity contribution in [2.24, 2.45) is 0 Å². The number of carbonyl (C=O) groups excluding carboxylic acids is 2. The molecule has 0 aromatic heterocycles. The van der Waals surface area contributed by atoms with Gasteiger partial charge in [0.05, 0.1) is 5.69 Å². The summed E-state index contributed by atoms with van der Waals surface area (Å²) in [7, 11) is 3.73. The number of anilines is 3. The van der Waals surface area contributed by atoms with Crippen molar-refractivity contribution in [2.45, 2.75) is 19.9 Å². The van der Waals surface area contributed by atoms with Crippen LogP contribution in [0.3, 0.4) is 0 Å². The molecule has 3 rings (SSSR count). The Kier molecular flexibility index (Phi) is 8.35. The maximum Gasteiger partial charge on any atom is 0.323 e. The summed E-state index contributed by atoms with van der Waals surface area (Å²) in [6, 6.07) is 12.8. The zero-order chi connectivity index (χ0) is 25.5. The summed E-state index contributed by atoms with van der Waals surface area (Å²) in [6.07, 6.45) is 0.716. The summed E-state index contributed by atoms with van der Waals surface area (Å²) in [5, 5.41) is 4.99. The summed E-state index contributed by atoms with van der Waals surface area (Å²) < 4.78 is 40.3. The standard InChI is InChI=1S/C26H27F3N4O2/c1-4-13-33(25(34)17-5-7-19(27)8-6-17)16-18-14-21(10-12-24(18)32(2)3)30-26(35)31-23-11-9-20(28)15-22(23)29/h5-12,14-15H,4,13,16H2,1-3H3,(H2,30,31,35). The molecule has 3 aromatic rings. The number of halogens is 3. The van der Waals surface area contributed by atoms with E-state index in [1.807, 2.05) is 25.9 Å². The molecule has 0 heterocycles. The van der Waals surface area contributed by atoms with Crippen molar-refractivity contribution in [3.05, 3.63) is 89.2 Å². The van der Waals surface area contributed by atoms with Gasteiger partial charge in [0.2, 0.25) is 0 Å². The Morgan fingerprint density at radius 3 is 2.17 bits per heavy atom. The van der Waals surface area contributed by atoms with Gasteiger partial charge >= 0.3 is 6.03 Å². The monoisotopic (exact) mass is 484 g/mol. The molecule has 0 fully saturated rings. The van der Waals surface area contributed by atoms with Crippen LogP contribution in [0.5, 0.6) is 0 Å². The number of rotatable bonds is 8. The highest BCUT2D eigenvalue weighted by atomic mass is 19.1. The molecule has 9 heteroatoms. The van der Waals surface area contributed by atoms with Gasteiger partial charge in [-0.05, 0) is 66.6 Å². The van der Waals surface area contributed by atoms with Crippen LogP contribution in [0.1, 0.15) is 29.3 Å². The SMILES string of the molecule is CCCN(Cc1cc(NC(=O)Nc2ccc(F)cc2F)ccc1N(C)C)C(=O)c1ccc(F)cc1. The van der Waals surface area contributed by atoms with Crippen LogP contribution >= 0.6 is 0 Å². The lowest BCUT2D eigenvalue weighted by Crippen LogP contribution is -2.32. The third kappa shape index (κ3) is 6.75. The molecule has 35 heavy (non-hydrogen) atoms. The van der Waals surface area contributed by atoms with E-state index in [0.717, 1.165) is 23.4 Å². The van der Waals surface area contributed by atoms with E-state index in [1.54, 1.807) is 23.1 Å². The van der Waals surface area contributed by atoms with Gasteiger partial charge in [-0.25, -0.2) is 18.0 Å². The fourth-order valence-corrected chi connectivity index (χ4v) is 3.60. The van der Waals surface area contributed by atoms with Crippen molar-refractivity contribution in [1.29, 1.82) is 0 Å². The number of nitrogens with one attached hydrogen (secondary N) is 2. The Morgan fingerprint density at radius 2 is 1.54 bits per heavy atom. The lowest BCUT2D eigenvalue weighted by atomic mass is 10.1. The quantitative estimate of drug-likeness (QED) is 0.421. The molecule has 0 saturated heterocycles. The maximum absolute atomic E-state index is 13.9. The first-order chi connectivity index (χ1) is 16.7. The molecule has 3 amide bonds. The summed E-state index contributed by atoms with van der Waals surface area (Å²) in [5.74, 6) is -2.29. The van der Waals surface area contributed by atoms with Crippen LogP contribution in [0.15, 0.2) is 60.7 Å². The average Bonchev–Trinajstić information content (AvgIpc) is 2.80. The van der Waals surface area contributed by atoms with Gasteiger partial charge < -0.3 is 20.4 Å². The molecular weight excluding hydrogens is 457 g/mol. The van der Waals surface area contributed by atoms with E-state index in [9.17, 15) is 22.8 Å². The van der Waals surface area contributed by atoms with Crippen LogP contribution in [0.2, 0.25) is 0 Å². The van der Waals surface area contributed by atoms with Crippen LogP contribution in [0, 0.1) is 17.5 Å². The van der Waals surface area contributed by atoms with E-state index >= 15 is 0 Å². The number of urea groups is 1. The van der Waals surface area contributed by atoms with Gasteiger partial charge in [0.15, 0.2) is 0 Å². The van der Waals surface area contributed by atoms with Gasteiger partial charge in [0.1, 0.15) is 17.5 Å². The molecular formula is C26H27F3N4O2.